The van der Waals surface area contributed by atoms with Crippen molar-refractivity contribution in [1.29, 1.82) is 0 Å². The minimum atomic E-state index is -1.16. The number of hydrogen-bond acceptors (Lipinski definition) is 6. The van der Waals surface area contributed by atoms with Crippen LogP contribution in [0.25, 0.3) is 0 Å². The number of rotatable bonds is 7. The zero-order chi connectivity index (χ0) is 20.1. The number of thiophene rings is 1. The van der Waals surface area contributed by atoms with Gasteiger partial charge < -0.3 is 20.0 Å². The van der Waals surface area contributed by atoms with Gasteiger partial charge in [0.1, 0.15) is 5.00 Å². The van der Waals surface area contributed by atoms with Crippen LogP contribution in [0.2, 0.25) is 0 Å². The van der Waals surface area contributed by atoms with Gasteiger partial charge in [0.05, 0.1) is 12.2 Å². The van der Waals surface area contributed by atoms with Gasteiger partial charge in [0.15, 0.2) is 0 Å². The number of ether oxygens (including phenoxy) is 1. The Hall–Kier alpha value is -1.89. The first-order valence-corrected chi connectivity index (χ1v) is 11.2. The van der Waals surface area contributed by atoms with Crippen LogP contribution in [0.15, 0.2) is 0 Å². The van der Waals surface area contributed by atoms with Crippen molar-refractivity contribution >= 4 is 34.2 Å². The number of hydrogen-bond donors (Lipinski definition) is 1. The maximum atomic E-state index is 12.9. The Morgan fingerprint density at radius 3 is 2.54 bits per heavy atom. The molecule has 0 saturated heterocycles. The molecule has 0 spiro atoms. The number of unbranched alkanes of at least 4 members (excludes halogenated alkanes) is 1. The van der Waals surface area contributed by atoms with Gasteiger partial charge >= 0.3 is 5.97 Å². The molecule has 1 aromatic heterocycles. The number of carboxylic acid groups (broad SMARTS) is 1. The van der Waals surface area contributed by atoms with Gasteiger partial charge in [-0.05, 0) is 50.5 Å². The third-order valence-electron chi connectivity index (χ3n) is 5.75. The van der Waals surface area contributed by atoms with Crippen molar-refractivity contribution in [2.75, 3.05) is 11.9 Å². The van der Waals surface area contributed by atoms with Crippen molar-refractivity contribution in [2.24, 2.45) is 11.8 Å². The second-order valence-corrected chi connectivity index (χ2v) is 8.82. The highest BCUT2D eigenvalue weighted by atomic mass is 32.1. The fraction of sp³-hybridized carbons (Fsp3) is 0.667. The number of nitrogens with one attached hydrogen (secondary N) is 1. The molecule has 1 saturated carbocycles. The maximum absolute atomic E-state index is 12.9. The van der Waals surface area contributed by atoms with Crippen LogP contribution in [0.5, 0.6) is 0 Å². The molecule has 3 rings (SSSR count). The molecule has 7 heteroatoms. The van der Waals surface area contributed by atoms with E-state index in [1.54, 1.807) is 0 Å². The lowest BCUT2D eigenvalue weighted by Crippen LogP contribution is -2.42. The van der Waals surface area contributed by atoms with Gasteiger partial charge in [-0.25, -0.2) is 4.79 Å². The average molecular weight is 407 g/mol. The largest absolute Gasteiger partial charge is 0.550 e. The second-order valence-electron chi connectivity index (χ2n) is 7.71. The molecule has 1 amide bonds. The van der Waals surface area contributed by atoms with Crippen LogP contribution in [-0.2, 0) is 27.2 Å². The topological polar surface area (TPSA) is 95.5 Å². The van der Waals surface area contributed by atoms with Crippen LogP contribution >= 0.6 is 11.3 Å². The van der Waals surface area contributed by atoms with Crippen LogP contribution in [-0.4, -0.2) is 24.5 Å². The molecule has 6 nitrogen and oxygen atoms in total. The van der Waals surface area contributed by atoms with E-state index in [0.717, 1.165) is 61.8 Å². The number of esters is 1. The summed E-state index contributed by atoms with van der Waals surface area (Å²) in [5, 5.41) is 14.8. The molecular weight excluding hydrogens is 378 g/mol. The molecule has 0 radical (unpaired) electrons. The standard InChI is InChI=1S/C21H29NO5S/c1-2-3-12-27-21(26)17-15-10-6-7-11-16(15)28-19(17)22-18(23)13-8-4-5-9-14(13)20(24)25/h13-14H,2-12H2,1H3,(H,22,23)(H,24,25)/p-1/t13-,14+/m0/s1. The Balaban J connectivity index is 1.82. The molecule has 1 heterocycles. The number of carbonyl (C=O) groups is 3. The fourth-order valence-corrected chi connectivity index (χ4v) is 5.46. The molecule has 2 aliphatic carbocycles. The Morgan fingerprint density at radius 1 is 1.11 bits per heavy atom. The molecule has 0 unspecified atom stereocenters. The monoisotopic (exact) mass is 406 g/mol. The smallest absolute Gasteiger partial charge is 0.341 e. The van der Waals surface area contributed by atoms with Gasteiger partial charge in [-0.3, -0.25) is 4.79 Å². The molecule has 0 bridgehead atoms. The van der Waals surface area contributed by atoms with Gasteiger partial charge in [-0.2, -0.15) is 0 Å². The first-order chi connectivity index (χ1) is 13.5. The highest BCUT2D eigenvalue weighted by Gasteiger charge is 2.34. The molecule has 28 heavy (non-hydrogen) atoms. The van der Waals surface area contributed by atoms with E-state index in [-0.39, 0.29) is 11.9 Å². The van der Waals surface area contributed by atoms with E-state index < -0.39 is 17.8 Å². The zero-order valence-corrected chi connectivity index (χ0v) is 17.2. The number of anilines is 1. The van der Waals surface area contributed by atoms with E-state index in [4.69, 9.17) is 4.74 Å². The normalized spacial score (nSPS) is 21.6. The Labute approximate surface area is 169 Å². The number of aliphatic carboxylic acids is 1. The van der Waals surface area contributed by atoms with Crippen LogP contribution in [0, 0.1) is 11.8 Å². The number of carbonyl (C=O) groups excluding carboxylic acids is 3. The SMILES string of the molecule is CCCCOC(=O)c1c(NC(=O)[C@H]2CCCC[C@H]2C(=O)[O-])sc2c1CCCC2. The summed E-state index contributed by atoms with van der Waals surface area (Å²) < 4.78 is 5.43. The predicted octanol–water partition coefficient (Wildman–Crippen LogP) is 3.08. The first-order valence-electron chi connectivity index (χ1n) is 10.4. The van der Waals surface area contributed by atoms with E-state index in [9.17, 15) is 19.5 Å². The number of aryl methyl sites for hydroxylation is 1. The minimum absolute atomic E-state index is 0.324. The van der Waals surface area contributed by atoms with E-state index in [1.807, 2.05) is 6.92 Å². The number of carboxylic acids is 1. The highest BCUT2D eigenvalue weighted by Crippen LogP contribution is 2.39. The molecule has 1 fully saturated rings. The van der Waals surface area contributed by atoms with Crippen molar-refractivity contribution in [3.8, 4) is 0 Å². The molecule has 2 atom stereocenters. The lowest BCUT2D eigenvalue weighted by atomic mass is 9.78. The van der Waals surface area contributed by atoms with Crippen LogP contribution in [0.4, 0.5) is 5.00 Å². The molecular formula is C21H28NO5S-. The van der Waals surface area contributed by atoms with Crippen LogP contribution in [0.1, 0.15) is 79.1 Å². The first kappa shape index (κ1) is 20.8. The summed E-state index contributed by atoms with van der Waals surface area (Å²) in [4.78, 5) is 38.2. The summed E-state index contributed by atoms with van der Waals surface area (Å²) in [6, 6.07) is 0. The minimum Gasteiger partial charge on any atom is -0.550 e. The van der Waals surface area contributed by atoms with E-state index in [0.29, 0.717) is 30.0 Å². The van der Waals surface area contributed by atoms with Crippen molar-refractivity contribution in [3.05, 3.63) is 16.0 Å². The summed E-state index contributed by atoms with van der Waals surface area (Å²) in [5.74, 6) is -3.24. The van der Waals surface area contributed by atoms with Crippen LogP contribution in [0.3, 0.4) is 0 Å². The fourth-order valence-electron chi connectivity index (χ4n) is 4.18. The number of amides is 1. The molecule has 0 aliphatic heterocycles. The zero-order valence-electron chi connectivity index (χ0n) is 16.4. The van der Waals surface area contributed by atoms with Crippen molar-refractivity contribution in [3.63, 3.8) is 0 Å². The lowest BCUT2D eigenvalue weighted by molar-refractivity contribution is -0.313. The van der Waals surface area contributed by atoms with E-state index >= 15 is 0 Å². The molecule has 154 valence electrons. The summed E-state index contributed by atoms with van der Waals surface area (Å²) in [6.07, 6.45) is 8.15. The summed E-state index contributed by atoms with van der Waals surface area (Å²) in [5.41, 5.74) is 1.47. The molecule has 1 N–H and O–H groups in total. The Kier molecular flexibility index (Phi) is 7.10. The quantitative estimate of drug-likeness (QED) is 0.555. The van der Waals surface area contributed by atoms with Gasteiger partial charge in [0.25, 0.3) is 0 Å². The Bertz CT molecular complexity index is 741. The number of fused-ring (bicyclic) bond motifs is 1. The third-order valence-corrected chi connectivity index (χ3v) is 6.96. The van der Waals surface area contributed by atoms with Gasteiger partial charge in [-0.15, -0.1) is 11.3 Å². The van der Waals surface area contributed by atoms with E-state index in [2.05, 4.69) is 5.32 Å². The third kappa shape index (κ3) is 4.57. The lowest BCUT2D eigenvalue weighted by Gasteiger charge is -2.31. The molecule has 2 aliphatic rings. The average Bonchev–Trinajstić information content (AvgIpc) is 3.05. The van der Waals surface area contributed by atoms with E-state index in [1.165, 1.54) is 11.3 Å². The van der Waals surface area contributed by atoms with Crippen molar-refractivity contribution in [2.45, 2.75) is 71.1 Å². The van der Waals surface area contributed by atoms with Gasteiger partial charge in [-0.1, -0.05) is 26.2 Å². The predicted molar refractivity (Wildman–Crippen MR) is 105 cm³/mol. The summed E-state index contributed by atoms with van der Waals surface area (Å²) >= 11 is 1.44. The highest BCUT2D eigenvalue weighted by molar-refractivity contribution is 7.17. The second kappa shape index (κ2) is 9.54. The maximum Gasteiger partial charge on any atom is 0.341 e. The molecule has 1 aromatic rings. The summed E-state index contributed by atoms with van der Waals surface area (Å²) in [6.45, 7) is 2.40. The van der Waals surface area contributed by atoms with Gasteiger partial charge in [0.2, 0.25) is 5.91 Å². The summed E-state index contributed by atoms with van der Waals surface area (Å²) in [7, 11) is 0. The van der Waals surface area contributed by atoms with Crippen molar-refractivity contribution in [1.82, 2.24) is 0 Å². The van der Waals surface area contributed by atoms with Crippen LogP contribution < -0.4 is 10.4 Å². The molecule has 0 aromatic carbocycles. The van der Waals surface area contributed by atoms with Crippen molar-refractivity contribution < 1.29 is 24.2 Å². The van der Waals surface area contributed by atoms with Gasteiger partial charge in [0, 0.05) is 22.7 Å². The Morgan fingerprint density at radius 2 is 1.82 bits per heavy atom.